The zero-order chi connectivity index (χ0) is 17.5. The molecule has 25 heavy (non-hydrogen) atoms. The van der Waals surface area contributed by atoms with Gasteiger partial charge in [-0.3, -0.25) is 4.79 Å². The maximum atomic E-state index is 12.1. The standard InChI is InChI=1S/C19H26N4O2/c1-25-16-7-5-6-15(14-16)9-10-19(24)20-12-11-18-22-21-17-8-3-2-4-13-23(17)18/h5-7,14H,2-4,8-13H2,1H3,(H,20,24). The van der Waals surface area contributed by atoms with Crippen LogP contribution in [0.15, 0.2) is 24.3 Å². The first kappa shape index (κ1) is 17.5. The molecule has 1 aromatic heterocycles. The smallest absolute Gasteiger partial charge is 0.220 e. The van der Waals surface area contributed by atoms with E-state index in [1.54, 1.807) is 7.11 Å². The van der Waals surface area contributed by atoms with Crippen molar-refractivity contribution in [1.82, 2.24) is 20.1 Å². The number of hydrogen-bond donors (Lipinski definition) is 1. The highest BCUT2D eigenvalue weighted by Crippen LogP contribution is 2.15. The monoisotopic (exact) mass is 342 g/mol. The molecule has 3 rings (SSSR count). The molecule has 6 heteroatoms. The third kappa shape index (κ3) is 4.81. The van der Waals surface area contributed by atoms with Gasteiger partial charge in [-0.1, -0.05) is 18.6 Å². The van der Waals surface area contributed by atoms with Crippen molar-refractivity contribution in [1.29, 1.82) is 0 Å². The van der Waals surface area contributed by atoms with Crippen LogP contribution in [0.5, 0.6) is 5.75 Å². The van der Waals surface area contributed by atoms with Gasteiger partial charge in [0.25, 0.3) is 0 Å². The molecule has 134 valence electrons. The van der Waals surface area contributed by atoms with Crippen molar-refractivity contribution >= 4 is 5.91 Å². The van der Waals surface area contributed by atoms with Gasteiger partial charge in [-0.05, 0) is 37.0 Å². The second-order valence-corrected chi connectivity index (χ2v) is 6.45. The van der Waals surface area contributed by atoms with Crippen LogP contribution < -0.4 is 10.1 Å². The maximum absolute atomic E-state index is 12.1. The van der Waals surface area contributed by atoms with E-state index in [1.807, 2.05) is 24.3 Å². The SMILES string of the molecule is COc1cccc(CCC(=O)NCCc2nnc3n2CCCCC3)c1. The Hall–Kier alpha value is -2.37. The van der Waals surface area contributed by atoms with E-state index in [1.165, 1.54) is 19.3 Å². The lowest BCUT2D eigenvalue weighted by Gasteiger charge is -2.08. The van der Waals surface area contributed by atoms with Gasteiger partial charge in [0.2, 0.25) is 5.91 Å². The Balaban J connectivity index is 1.43. The van der Waals surface area contributed by atoms with Crippen molar-refractivity contribution in [3.63, 3.8) is 0 Å². The van der Waals surface area contributed by atoms with Crippen molar-refractivity contribution in [3.05, 3.63) is 41.5 Å². The van der Waals surface area contributed by atoms with Crippen LogP contribution in [-0.2, 0) is 30.6 Å². The summed E-state index contributed by atoms with van der Waals surface area (Å²) in [5.74, 6) is 2.98. The van der Waals surface area contributed by atoms with Crippen LogP contribution in [0.4, 0.5) is 0 Å². The molecule has 0 fully saturated rings. The number of benzene rings is 1. The number of carbonyl (C=O) groups excluding carboxylic acids is 1. The fourth-order valence-corrected chi connectivity index (χ4v) is 3.22. The van der Waals surface area contributed by atoms with Gasteiger partial charge in [-0.2, -0.15) is 0 Å². The van der Waals surface area contributed by atoms with E-state index in [-0.39, 0.29) is 5.91 Å². The molecule has 1 aliphatic rings. The van der Waals surface area contributed by atoms with Crippen molar-refractivity contribution in [2.45, 2.75) is 51.5 Å². The summed E-state index contributed by atoms with van der Waals surface area (Å²) in [6.45, 7) is 1.61. The number of rotatable bonds is 7. The van der Waals surface area contributed by atoms with Gasteiger partial charge >= 0.3 is 0 Å². The summed E-state index contributed by atoms with van der Waals surface area (Å²) in [4.78, 5) is 12.1. The number of nitrogens with zero attached hydrogens (tertiary/aromatic N) is 3. The number of aromatic nitrogens is 3. The average Bonchev–Trinajstić information content (AvgIpc) is 2.87. The quantitative estimate of drug-likeness (QED) is 0.838. The molecule has 6 nitrogen and oxygen atoms in total. The molecule has 0 saturated carbocycles. The Labute approximate surface area is 148 Å². The lowest BCUT2D eigenvalue weighted by molar-refractivity contribution is -0.121. The van der Waals surface area contributed by atoms with E-state index in [9.17, 15) is 4.79 Å². The summed E-state index contributed by atoms with van der Waals surface area (Å²) in [5, 5.41) is 11.6. The molecule has 1 amide bonds. The zero-order valence-corrected chi connectivity index (χ0v) is 14.8. The largest absolute Gasteiger partial charge is 0.497 e. The molecule has 1 aromatic carbocycles. The molecule has 1 aliphatic heterocycles. The average molecular weight is 342 g/mol. The number of ether oxygens (including phenoxy) is 1. The first-order valence-electron chi connectivity index (χ1n) is 9.07. The lowest BCUT2D eigenvalue weighted by atomic mass is 10.1. The van der Waals surface area contributed by atoms with E-state index in [0.29, 0.717) is 19.4 Å². The van der Waals surface area contributed by atoms with Gasteiger partial charge in [0.1, 0.15) is 17.4 Å². The summed E-state index contributed by atoms with van der Waals surface area (Å²) >= 11 is 0. The topological polar surface area (TPSA) is 69.0 Å². The zero-order valence-electron chi connectivity index (χ0n) is 14.8. The predicted octanol–water partition coefficient (Wildman–Crippen LogP) is 2.30. The fraction of sp³-hybridized carbons (Fsp3) is 0.526. The van der Waals surface area contributed by atoms with Gasteiger partial charge in [0.15, 0.2) is 0 Å². The summed E-state index contributed by atoms with van der Waals surface area (Å²) in [5.41, 5.74) is 1.11. The lowest BCUT2D eigenvalue weighted by Crippen LogP contribution is -2.26. The molecule has 0 saturated heterocycles. The van der Waals surface area contributed by atoms with Crippen LogP contribution in [-0.4, -0.2) is 34.3 Å². The predicted molar refractivity (Wildman–Crippen MR) is 95.6 cm³/mol. The Morgan fingerprint density at radius 3 is 3.04 bits per heavy atom. The van der Waals surface area contributed by atoms with Crippen molar-refractivity contribution in [2.75, 3.05) is 13.7 Å². The number of aryl methyl sites for hydroxylation is 2. The molecule has 0 atom stereocenters. The molecular weight excluding hydrogens is 316 g/mol. The normalized spacial score (nSPS) is 13.8. The minimum Gasteiger partial charge on any atom is -0.497 e. The molecule has 0 unspecified atom stereocenters. The van der Waals surface area contributed by atoms with E-state index in [4.69, 9.17) is 4.74 Å². The Morgan fingerprint density at radius 1 is 1.24 bits per heavy atom. The Morgan fingerprint density at radius 2 is 2.16 bits per heavy atom. The molecule has 0 aliphatic carbocycles. The van der Waals surface area contributed by atoms with Crippen LogP contribution in [0.1, 0.15) is 42.9 Å². The van der Waals surface area contributed by atoms with Crippen LogP contribution >= 0.6 is 0 Å². The van der Waals surface area contributed by atoms with Crippen LogP contribution in [0.25, 0.3) is 0 Å². The molecule has 0 radical (unpaired) electrons. The second kappa shape index (κ2) is 8.65. The van der Waals surface area contributed by atoms with Crippen LogP contribution in [0.3, 0.4) is 0 Å². The second-order valence-electron chi connectivity index (χ2n) is 6.45. The van der Waals surface area contributed by atoms with Crippen molar-refractivity contribution < 1.29 is 9.53 Å². The summed E-state index contributed by atoms with van der Waals surface area (Å²) < 4.78 is 7.44. The van der Waals surface area contributed by atoms with E-state index >= 15 is 0 Å². The van der Waals surface area contributed by atoms with E-state index in [0.717, 1.165) is 42.3 Å². The third-order valence-electron chi connectivity index (χ3n) is 4.63. The molecular formula is C19H26N4O2. The number of methoxy groups -OCH3 is 1. The van der Waals surface area contributed by atoms with E-state index in [2.05, 4.69) is 20.1 Å². The van der Waals surface area contributed by atoms with Crippen molar-refractivity contribution in [2.24, 2.45) is 0 Å². The number of fused-ring (bicyclic) bond motifs is 1. The van der Waals surface area contributed by atoms with Crippen LogP contribution in [0.2, 0.25) is 0 Å². The summed E-state index contributed by atoms with van der Waals surface area (Å²) in [6.07, 6.45) is 6.57. The van der Waals surface area contributed by atoms with Gasteiger partial charge in [-0.25, -0.2) is 0 Å². The van der Waals surface area contributed by atoms with Crippen molar-refractivity contribution in [3.8, 4) is 5.75 Å². The first-order valence-corrected chi connectivity index (χ1v) is 9.07. The molecule has 0 spiro atoms. The van der Waals surface area contributed by atoms with Gasteiger partial charge in [0, 0.05) is 32.4 Å². The number of carbonyl (C=O) groups is 1. The minimum atomic E-state index is 0.0680. The highest BCUT2D eigenvalue weighted by molar-refractivity contribution is 5.76. The summed E-state index contributed by atoms with van der Waals surface area (Å²) in [6, 6.07) is 7.84. The minimum absolute atomic E-state index is 0.0680. The number of hydrogen-bond acceptors (Lipinski definition) is 4. The molecule has 0 bridgehead atoms. The third-order valence-corrected chi connectivity index (χ3v) is 4.63. The molecule has 2 aromatic rings. The molecule has 1 N–H and O–H groups in total. The Kier molecular flexibility index (Phi) is 6.04. The highest BCUT2D eigenvalue weighted by atomic mass is 16.5. The maximum Gasteiger partial charge on any atom is 0.220 e. The van der Waals surface area contributed by atoms with E-state index < -0.39 is 0 Å². The van der Waals surface area contributed by atoms with Gasteiger partial charge in [-0.15, -0.1) is 10.2 Å². The Bertz CT molecular complexity index is 711. The fourth-order valence-electron chi connectivity index (χ4n) is 3.22. The molecule has 2 heterocycles. The van der Waals surface area contributed by atoms with Gasteiger partial charge < -0.3 is 14.6 Å². The summed E-state index contributed by atoms with van der Waals surface area (Å²) in [7, 11) is 1.65. The number of nitrogens with one attached hydrogen (secondary N) is 1. The first-order chi connectivity index (χ1) is 12.3. The van der Waals surface area contributed by atoms with Crippen LogP contribution in [0, 0.1) is 0 Å². The van der Waals surface area contributed by atoms with Gasteiger partial charge in [0.05, 0.1) is 7.11 Å². The number of amides is 1. The highest BCUT2D eigenvalue weighted by Gasteiger charge is 2.14.